The van der Waals surface area contributed by atoms with Crippen molar-refractivity contribution in [1.29, 1.82) is 0 Å². The van der Waals surface area contributed by atoms with Crippen LogP contribution in [0.1, 0.15) is 36.9 Å². The summed E-state index contributed by atoms with van der Waals surface area (Å²) in [6.07, 6.45) is -3.91. The predicted molar refractivity (Wildman–Crippen MR) is 130 cm³/mol. The number of carbonyl (C=O) groups is 1. The number of hydrogen-bond acceptors (Lipinski definition) is 3. The van der Waals surface area contributed by atoms with Crippen LogP contribution in [0.15, 0.2) is 71.7 Å². The summed E-state index contributed by atoms with van der Waals surface area (Å²) in [6.45, 7) is 2.49. The lowest BCUT2D eigenvalue weighted by Gasteiger charge is -2.24. The second-order valence-corrected chi connectivity index (χ2v) is 8.88. The second-order valence-electron chi connectivity index (χ2n) is 8.88. The topological polar surface area (TPSA) is 41.9 Å². The third-order valence-electron chi connectivity index (χ3n) is 6.27. The van der Waals surface area contributed by atoms with Gasteiger partial charge in [0.1, 0.15) is 17.4 Å². The third kappa shape index (κ3) is 5.98. The number of rotatable bonds is 7. The van der Waals surface area contributed by atoms with E-state index in [2.05, 4.69) is 9.73 Å². The number of ether oxygens (including phenoxy) is 1. The Morgan fingerprint density at radius 3 is 2.08 bits per heavy atom. The Bertz CT molecular complexity index is 1270. The van der Waals surface area contributed by atoms with Crippen molar-refractivity contribution in [1.82, 2.24) is 4.90 Å². The summed E-state index contributed by atoms with van der Waals surface area (Å²) < 4.78 is 70.2. The number of aliphatic imine (C=N–C) groups is 1. The van der Waals surface area contributed by atoms with Crippen molar-refractivity contribution >= 4 is 11.6 Å². The van der Waals surface area contributed by atoms with Crippen molar-refractivity contribution in [2.24, 2.45) is 10.9 Å². The fourth-order valence-corrected chi connectivity index (χ4v) is 4.55. The third-order valence-corrected chi connectivity index (χ3v) is 6.27. The van der Waals surface area contributed by atoms with Gasteiger partial charge in [-0.15, -0.1) is 13.2 Å². The standard InChI is InChI=1S/C28H25F5N2O2/c1-3-15-35(2)27(36)21-16-24(25-22(29)5-4-6-23(25)30)34-26(21)19-9-7-17(8-10-19)18-11-13-20(14-12-18)37-28(31,32)33/h4-14,21,26H,3,15-16H2,1-2H3. The average molecular weight is 517 g/mol. The molecule has 2 atom stereocenters. The largest absolute Gasteiger partial charge is 0.573 e. The SMILES string of the molecule is CCCN(C)C(=O)C1CC(c2c(F)cccc2F)=NC1c1ccc(-c2ccc(OC(F)(F)F)cc2)cc1. The number of amides is 1. The van der Waals surface area contributed by atoms with Crippen LogP contribution in [0.25, 0.3) is 11.1 Å². The molecule has 0 spiro atoms. The van der Waals surface area contributed by atoms with Gasteiger partial charge in [0.25, 0.3) is 0 Å². The van der Waals surface area contributed by atoms with Crippen molar-refractivity contribution < 1.29 is 31.5 Å². The molecule has 4 nitrogen and oxygen atoms in total. The fourth-order valence-electron chi connectivity index (χ4n) is 4.55. The lowest BCUT2D eigenvalue weighted by atomic mass is 9.89. The molecule has 1 amide bonds. The quantitative estimate of drug-likeness (QED) is 0.319. The van der Waals surface area contributed by atoms with E-state index in [0.717, 1.165) is 24.1 Å². The average Bonchev–Trinajstić information content (AvgIpc) is 3.28. The molecule has 0 saturated carbocycles. The van der Waals surface area contributed by atoms with Crippen LogP contribution in [-0.4, -0.2) is 36.5 Å². The number of hydrogen-bond donors (Lipinski definition) is 0. The Labute approximate surface area is 211 Å². The van der Waals surface area contributed by atoms with Crippen LogP contribution in [0.5, 0.6) is 5.75 Å². The molecule has 194 valence electrons. The van der Waals surface area contributed by atoms with E-state index in [1.54, 1.807) is 36.2 Å². The molecule has 1 aliphatic heterocycles. The van der Waals surface area contributed by atoms with Gasteiger partial charge in [-0.25, -0.2) is 8.78 Å². The number of alkyl halides is 3. The molecule has 9 heteroatoms. The maximum Gasteiger partial charge on any atom is 0.573 e. The number of halogens is 5. The van der Waals surface area contributed by atoms with Crippen molar-refractivity contribution in [2.45, 2.75) is 32.2 Å². The van der Waals surface area contributed by atoms with Crippen LogP contribution in [0.2, 0.25) is 0 Å². The van der Waals surface area contributed by atoms with Gasteiger partial charge in [0.2, 0.25) is 5.91 Å². The van der Waals surface area contributed by atoms with Crippen LogP contribution in [0.4, 0.5) is 22.0 Å². The monoisotopic (exact) mass is 516 g/mol. The molecule has 1 aliphatic rings. The highest BCUT2D eigenvalue weighted by molar-refractivity contribution is 6.05. The van der Waals surface area contributed by atoms with E-state index in [0.29, 0.717) is 17.7 Å². The first-order valence-electron chi connectivity index (χ1n) is 11.8. The highest BCUT2D eigenvalue weighted by Gasteiger charge is 2.39. The van der Waals surface area contributed by atoms with E-state index >= 15 is 0 Å². The van der Waals surface area contributed by atoms with Crippen LogP contribution >= 0.6 is 0 Å². The number of benzene rings is 3. The lowest BCUT2D eigenvalue weighted by molar-refractivity contribution is -0.274. The molecule has 2 unspecified atom stereocenters. The Hall–Kier alpha value is -3.75. The molecule has 37 heavy (non-hydrogen) atoms. The van der Waals surface area contributed by atoms with Crippen LogP contribution in [0.3, 0.4) is 0 Å². The van der Waals surface area contributed by atoms with Gasteiger partial charge in [-0.2, -0.15) is 0 Å². The summed E-state index contributed by atoms with van der Waals surface area (Å²) >= 11 is 0. The van der Waals surface area contributed by atoms with E-state index in [1.165, 1.54) is 30.3 Å². The first-order chi connectivity index (χ1) is 17.6. The van der Waals surface area contributed by atoms with Gasteiger partial charge in [-0.3, -0.25) is 9.79 Å². The highest BCUT2D eigenvalue weighted by Crippen LogP contribution is 2.39. The van der Waals surface area contributed by atoms with E-state index in [1.807, 2.05) is 6.92 Å². The normalized spacial score (nSPS) is 17.4. The molecule has 1 heterocycles. The Morgan fingerprint density at radius 2 is 1.54 bits per heavy atom. The Morgan fingerprint density at radius 1 is 0.973 bits per heavy atom. The van der Waals surface area contributed by atoms with Gasteiger partial charge in [0, 0.05) is 25.7 Å². The molecule has 0 saturated heterocycles. The van der Waals surface area contributed by atoms with E-state index < -0.39 is 30.0 Å². The lowest BCUT2D eigenvalue weighted by Crippen LogP contribution is -2.35. The minimum Gasteiger partial charge on any atom is -0.406 e. The molecule has 0 bridgehead atoms. The molecule has 0 fully saturated rings. The summed E-state index contributed by atoms with van der Waals surface area (Å²) in [5.74, 6) is -2.58. The summed E-state index contributed by atoms with van der Waals surface area (Å²) in [7, 11) is 1.69. The van der Waals surface area contributed by atoms with E-state index in [-0.39, 0.29) is 29.4 Å². The van der Waals surface area contributed by atoms with Gasteiger partial charge in [0.05, 0.1) is 17.5 Å². The number of nitrogens with zero attached hydrogens (tertiary/aromatic N) is 2. The summed E-state index contributed by atoms with van der Waals surface area (Å²) in [5, 5.41) is 0. The zero-order chi connectivity index (χ0) is 26.7. The van der Waals surface area contributed by atoms with Crippen LogP contribution < -0.4 is 4.74 Å². The van der Waals surface area contributed by atoms with Gasteiger partial charge < -0.3 is 9.64 Å². The minimum absolute atomic E-state index is 0.0951. The first kappa shape index (κ1) is 26.3. The van der Waals surface area contributed by atoms with Gasteiger partial charge in [-0.1, -0.05) is 49.4 Å². The van der Waals surface area contributed by atoms with Gasteiger partial charge in [0.15, 0.2) is 0 Å². The Balaban J connectivity index is 1.64. The summed E-state index contributed by atoms with van der Waals surface area (Å²) in [5.41, 5.74) is 2.07. The Kier molecular flexibility index (Phi) is 7.61. The molecular weight excluding hydrogens is 491 g/mol. The second kappa shape index (κ2) is 10.7. The van der Waals surface area contributed by atoms with Gasteiger partial charge in [-0.05, 0) is 47.4 Å². The van der Waals surface area contributed by atoms with Crippen molar-refractivity contribution in [3.05, 3.63) is 89.5 Å². The maximum absolute atomic E-state index is 14.5. The first-order valence-corrected chi connectivity index (χ1v) is 11.8. The molecule has 0 aliphatic carbocycles. The molecule has 0 aromatic heterocycles. The number of carbonyl (C=O) groups excluding carboxylic acids is 1. The molecular formula is C28H25F5N2O2. The van der Waals surface area contributed by atoms with E-state index in [4.69, 9.17) is 0 Å². The predicted octanol–water partition coefficient (Wildman–Crippen LogP) is 6.95. The minimum atomic E-state index is -4.77. The highest BCUT2D eigenvalue weighted by atomic mass is 19.4. The summed E-state index contributed by atoms with van der Waals surface area (Å²) in [6, 6.07) is 15.5. The molecule has 4 rings (SSSR count). The molecule has 0 radical (unpaired) electrons. The maximum atomic E-state index is 14.5. The van der Waals surface area contributed by atoms with Crippen molar-refractivity contribution in [3.8, 4) is 16.9 Å². The van der Waals surface area contributed by atoms with Crippen molar-refractivity contribution in [2.75, 3.05) is 13.6 Å². The summed E-state index contributed by atoms with van der Waals surface area (Å²) in [4.78, 5) is 19.5. The van der Waals surface area contributed by atoms with Crippen LogP contribution in [-0.2, 0) is 4.79 Å². The zero-order valence-electron chi connectivity index (χ0n) is 20.2. The zero-order valence-corrected chi connectivity index (χ0v) is 20.2. The molecule has 0 N–H and O–H groups in total. The van der Waals surface area contributed by atoms with Crippen LogP contribution in [0, 0.1) is 17.6 Å². The van der Waals surface area contributed by atoms with Crippen molar-refractivity contribution in [3.63, 3.8) is 0 Å². The van der Waals surface area contributed by atoms with E-state index in [9.17, 15) is 26.7 Å². The molecule has 3 aromatic rings. The van der Waals surface area contributed by atoms with Gasteiger partial charge >= 0.3 is 6.36 Å². The smallest absolute Gasteiger partial charge is 0.406 e. The molecule has 3 aromatic carbocycles. The fraction of sp³-hybridized carbons (Fsp3) is 0.286.